The lowest BCUT2D eigenvalue weighted by Crippen LogP contribution is -2.40. The maximum Gasteiger partial charge on any atom is 0.236 e. The summed E-state index contributed by atoms with van der Waals surface area (Å²) in [5.74, 6) is -0.0162. The lowest BCUT2D eigenvalue weighted by Gasteiger charge is -2.25. The zero-order valence-corrected chi connectivity index (χ0v) is 12.9. The Bertz CT molecular complexity index is 456. The molecule has 116 valence electrons. The molecule has 3 nitrogen and oxygen atoms in total. The lowest BCUT2D eigenvalue weighted by atomic mass is 10.2. The van der Waals surface area contributed by atoms with Gasteiger partial charge >= 0.3 is 0 Å². The maximum atomic E-state index is 13.2. The summed E-state index contributed by atoms with van der Waals surface area (Å²) >= 11 is 0. The highest BCUT2D eigenvalue weighted by molar-refractivity contribution is 5.78. The summed E-state index contributed by atoms with van der Waals surface area (Å²) in [6.07, 6.45) is 4.68. The van der Waals surface area contributed by atoms with E-state index >= 15 is 0 Å². The van der Waals surface area contributed by atoms with Gasteiger partial charge in [-0.15, -0.1) is 0 Å². The van der Waals surface area contributed by atoms with Crippen molar-refractivity contribution in [2.75, 3.05) is 26.2 Å². The molecule has 0 radical (unpaired) electrons. The number of halogens is 1. The third-order valence-electron chi connectivity index (χ3n) is 4.06. The van der Waals surface area contributed by atoms with E-state index in [0.29, 0.717) is 13.1 Å². The molecule has 21 heavy (non-hydrogen) atoms. The van der Waals surface area contributed by atoms with Gasteiger partial charge in [0.05, 0.1) is 6.54 Å². The van der Waals surface area contributed by atoms with E-state index in [1.54, 1.807) is 12.1 Å². The second kappa shape index (κ2) is 8.13. The van der Waals surface area contributed by atoms with Gasteiger partial charge in [0.25, 0.3) is 0 Å². The Labute approximate surface area is 126 Å². The molecule has 0 atom stereocenters. The van der Waals surface area contributed by atoms with E-state index in [9.17, 15) is 9.18 Å². The molecule has 2 rings (SSSR count). The first kappa shape index (κ1) is 16.0. The molecule has 1 heterocycles. The number of likely N-dealkylation sites (N-methyl/N-ethyl adjacent to an activating group) is 1. The van der Waals surface area contributed by atoms with Crippen LogP contribution in [0.25, 0.3) is 0 Å². The van der Waals surface area contributed by atoms with Crippen molar-refractivity contribution in [3.63, 3.8) is 0 Å². The molecule has 0 bridgehead atoms. The summed E-state index contributed by atoms with van der Waals surface area (Å²) in [5, 5.41) is 0. The monoisotopic (exact) mass is 292 g/mol. The van der Waals surface area contributed by atoms with Gasteiger partial charge in [-0.3, -0.25) is 9.69 Å². The molecule has 0 N–H and O–H groups in total. The number of hydrogen-bond donors (Lipinski definition) is 0. The molecule has 1 aliphatic heterocycles. The smallest absolute Gasteiger partial charge is 0.236 e. The van der Waals surface area contributed by atoms with Crippen LogP contribution in [0, 0.1) is 5.82 Å². The largest absolute Gasteiger partial charge is 0.342 e. The number of hydrogen-bond acceptors (Lipinski definition) is 2. The van der Waals surface area contributed by atoms with E-state index in [4.69, 9.17) is 0 Å². The van der Waals surface area contributed by atoms with Crippen molar-refractivity contribution in [1.29, 1.82) is 0 Å². The molecule has 1 aromatic carbocycles. The Balaban J connectivity index is 1.90. The van der Waals surface area contributed by atoms with E-state index in [-0.39, 0.29) is 11.7 Å². The molecule has 1 fully saturated rings. The van der Waals surface area contributed by atoms with Crippen molar-refractivity contribution in [1.82, 2.24) is 9.80 Å². The fourth-order valence-electron chi connectivity index (χ4n) is 2.78. The van der Waals surface area contributed by atoms with Gasteiger partial charge < -0.3 is 4.90 Å². The summed E-state index contributed by atoms with van der Waals surface area (Å²) in [6.45, 7) is 5.64. The van der Waals surface area contributed by atoms with E-state index in [2.05, 4.69) is 4.90 Å². The lowest BCUT2D eigenvalue weighted by molar-refractivity contribution is -0.132. The Kier molecular flexibility index (Phi) is 6.18. The third kappa shape index (κ3) is 5.12. The fraction of sp³-hybridized carbons (Fsp3) is 0.588. The number of amides is 1. The maximum absolute atomic E-state index is 13.2. The van der Waals surface area contributed by atoms with Crippen LogP contribution in [0.2, 0.25) is 0 Å². The first-order valence-electron chi connectivity index (χ1n) is 7.93. The second-order valence-corrected chi connectivity index (χ2v) is 5.73. The van der Waals surface area contributed by atoms with E-state index in [0.717, 1.165) is 38.0 Å². The normalized spacial score (nSPS) is 16.0. The highest BCUT2D eigenvalue weighted by atomic mass is 19.1. The number of rotatable bonds is 5. The molecule has 1 aliphatic rings. The average Bonchev–Trinajstić information content (AvgIpc) is 2.75. The van der Waals surface area contributed by atoms with Crippen molar-refractivity contribution in [3.8, 4) is 0 Å². The molecule has 0 spiro atoms. The SMILES string of the molecule is CCN(CC(=O)N1CCCCCC1)Cc1cccc(F)c1. The van der Waals surface area contributed by atoms with Gasteiger partial charge in [-0.2, -0.15) is 0 Å². The van der Waals surface area contributed by atoms with Crippen LogP contribution in [0.3, 0.4) is 0 Å². The molecule has 1 amide bonds. The van der Waals surface area contributed by atoms with Crippen LogP contribution in [0.1, 0.15) is 38.2 Å². The highest BCUT2D eigenvalue weighted by Crippen LogP contribution is 2.11. The Morgan fingerprint density at radius 2 is 1.95 bits per heavy atom. The molecule has 0 aromatic heterocycles. The number of carbonyl (C=O) groups is 1. The standard InChI is InChI=1S/C17H25FN2O/c1-2-19(13-15-8-7-9-16(18)12-15)14-17(21)20-10-5-3-4-6-11-20/h7-9,12H,2-6,10-11,13-14H2,1H3. The number of nitrogens with zero attached hydrogens (tertiary/aromatic N) is 2. The zero-order valence-electron chi connectivity index (χ0n) is 12.9. The van der Waals surface area contributed by atoms with Crippen molar-refractivity contribution in [2.24, 2.45) is 0 Å². The van der Waals surface area contributed by atoms with Gasteiger partial charge in [-0.25, -0.2) is 4.39 Å². The number of likely N-dealkylation sites (tertiary alicyclic amines) is 1. The first-order valence-corrected chi connectivity index (χ1v) is 7.93. The minimum absolute atomic E-state index is 0.204. The van der Waals surface area contributed by atoms with Gasteiger partial charge in [0.15, 0.2) is 0 Å². The molecular formula is C17H25FN2O. The fourth-order valence-corrected chi connectivity index (χ4v) is 2.78. The van der Waals surface area contributed by atoms with Crippen LogP contribution in [0.15, 0.2) is 24.3 Å². The topological polar surface area (TPSA) is 23.6 Å². The van der Waals surface area contributed by atoms with E-state index in [1.807, 2.05) is 17.9 Å². The van der Waals surface area contributed by atoms with Crippen molar-refractivity contribution < 1.29 is 9.18 Å². The second-order valence-electron chi connectivity index (χ2n) is 5.73. The molecule has 1 saturated heterocycles. The quantitative estimate of drug-likeness (QED) is 0.833. The molecule has 0 saturated carbocycles. The summed E-state index contributed by atoms with van der Waals surface area (Å²) < 4.78 is 13.2. The van der Waals surface area contributed by atoms with Crippen LogP contribution in [-0.4, -0.2) is 41.9 Å². The molecule has 0 aliphatic carbocycles. The van der Waals surface area contributed by atoms with E-state index < -0.39 is 0 Å². The van der Waals surface area contributed by atoms with E-state index in [1.165, 1.54) is 18.9 Å². The van der Waals surface area contributed by atoms with Gasteiger partial charge in [-0.1, -0.05) is 31.9 Å². The predicted molar refractivity (Wildman–Crippen MR) is 82.4 cm³/mol. The van der Waals surface area contributed by atoms with Crippen molar-refractivity contribution >= 4 is 5.91 Å². The zero-order chi connectivity index (χ0) is 15.1. The number of benzene rings is 1. The minimum atomic E-state index is -0.220. The van der Waals surface area contributed by atoms with Gasteiger partial charge in [0.2, 0.25) is 5.91 Å². The molecule has 0 unspecified atom stereocenters. The first-order chi connectivity index (χ1) is 10.2. The van der Waals surface area contributed by atoms with Crippen LogP contribution in [-0.2, 0) is 11.3 Å². The third-order valence-corrected chi connectivity index (χ3v) is 4.06. The Hall–Kier alpha value is -1.42. The van der Waals surface area contributed by atoms with Gasteiger partial charge in [0, 0.05) is 19.6 Å². The van der Waals surface area contributed by atoms with Gasteiger partial charge in [0.1, 0.15) is 5.82 Å². The van der Waals surface area contributed by atoms with Crippen molar-refractivity contribution in [2.45, 2.75) is 39.2 Å². The van der Waals surface area contributed by atoms with Crippen LogP contribution < -0.4 is 0 Å². The summed E-state index contributed by atoms with van der Waals surface area (Å²) in [5.41, 5.74) is 0.917. The molecule has 1 aromatic rings. The number of carbonyl (C=O) groups excluding carboxylic acids is 1. The molecular weight excluding hydrogens is 267 g/mol. The van der Waals surface area contributed by atoms with Gasteiger partial charge in [-0.05, 0) is 37.1 Å². The van der Waals surface area contributed by atoms with Crippen LogP contribution >= 0.6 is 0 Å². The average molecular weight is 292 g/mol. The summed E-state index contributed by atoms with van der Waals surface area (Å²) in [7, 11) is 0. The predicted octanol–water partition coefficient (Wildman–Crippen LogP) is 3.05. The Morgan fingerprint density at radius 1 is 1.24 bits per heavy atom. The van der Waals surface area contributed by atoms with Crippen molar-refractivity contribution in [3.05, 3.63) is 35.6 Å². The highest BCUT2D eigenvalue weighted by Gasteiger charge is 2.18. The summed E-state index contributed by atoms with van der Waals surface area (Å²) in [4.78, 5) is 16.4. The minimum Gasteiger partial charge on any atom is -0.342 e. The van der Waals surface area contributed by atoms with Crippen LogP contribution in [0.5, 0.6) is 0 Å². The Morgan fingerprint density at radius 3 is 2.57 bits per heavy atom. The summed E-state index contributed by atoms with van der Waals surface area (Å²) in [6, 6.07) is 6.61. The molecule has 4 heteroatoms. The van der Waals surface area contributed by atoms with Crippen LogP contribution in [0.4, 0.5) is 4.39 Å².